The van der Waals surface area contributed by atoms with Crippen LogP contribution >= 0.6 is 0 Å². The summed E-state index contributed by atoms with van der Waals surface area (Å²) >= 11 is 0. The molecule has 2 heterocycles. The minimum atomic E-state index is -0.537. The summed E-state index contributed by atoms with van der Waals surface area (Å²) in [4.78, 5) is 31.6. The number of H-pyrrole nitrogens is 1. The van der Waals surface area contributed by atoms with E-state index in [1.54, 1.807) is 29.2 Å². The zero-order valence-corrected chi connectivity index (χ0v) is 20.0. The van der Waals surface area contributed by atoms with Crippen molar-refractivity contribution in [2.75, 3.05) is 19.6 Å². The van der Waals surface area contributed by atoms with E-state index >= 15 is 4.39 Å². The van der Waals surface area contributed by atoms with Gasteiger partial charge in [-0.25, -0.2) is 13.6 Å². The molecule has 0 bridgehead atoms. The molecule has 0 radical (unpaired) electrons. The Morgan fingerprint density at radius 3 is 2.61 bits per heavy atom. The molecule has 0 unspecified atom stereocenters. The Morgan fingerprint density at radius 1 is 1.08 bits per heavy atom. The van der Waals surface area contributed by atoms with Crippen LogP contribution in [0, 0.1) is 11.6 Å². The third-order valence-corrected chi connectivity index (χ3v) is 6.88. The van der Waals surface area contributed by atoms with Crippen LogP contribution in [0.5, 0.6) is 0 Å². The van der Waals surface area contributed by atoms with Crippen molar-refractivity contribution in [3.63, 3.8) is 0 Å². The molecule has 1 aromatic heterocycles. The van der Waals surface area contributed by atoms with E-state index in [4.69, 9.17) is 4.42 Å². The van der Waals surface area contributed by atoms with E-state index in [2.05, 4.69) is 16.8 Å². The molecular formula is C28H27F2N3O3. The van der Waals surface area contributed by atoms with Gasteiger partial charge in [-0.2, -0.15) is 0 Å². The third-order valence-electron chi connectivity index (χ3n) is 6.88. The second-order valence-corrected chi connectivity index (χ2v) is 9.15. The SMILES string of the molecule is CCN1CCC[C@@H]1CN(Cc1cc(-c2ccc3[nH]c(=O)oc3c2)ccc1F)C(=O)c1ccc(F)cc1. The van der Waals surface area contributed by atoms with Crippen LogP contribution in [0.2, 0.25) is 0 Å². The molecule has 1 saturated heterocycles. The molecule has 36 heavy (non-hydrogen) atoms. The van der Waals surface area contributed by atoms with Crippen LogP contribution in [0.3, 0.4) is 0 Å². The lowest BCUT2D eigenvalue weighted by molar-refractivity contribution is 0.0690. The molecule has 1 aliphatic rings. The normalized spacial score (nSPS) is 16.0. The number of amides is 1. The first-order chi connectivity index (χ1) is 17.4. The number of likely N-dealkylation sites (tertiary alicyclic amines) is 1. The van der Waals surface area contributed by atoms with Crippen molar-refractivity contribution in [2.45, 2.75) is 32.4 Å². The fraction of sp³-hybridized carbons (Fsp3) is 0.286. The van der Waals surface area contributed by atoms with Gasteiger partial charge in [-0.3, -0.25) is 14.7 Å². The highest BCUT2D eigenvalue weighted by Gasteiger charge is 2.28. The van der Waals surface area contributed by atoms with Crippen molar-refractivity contribution in [2.24, 2.45) is 0 Å². The second-order valence-electron chi connectivity index (χ2n) is 9.15. The summed E-state index contributed by atoms with van der Waals surface area (Å²) in [7, 11) is 0. The smallest absolute Gasteiger partial charge is 0.408 e. The number of aromatic nitrogens is 1. The van der Waals surface area contributed by atoms with Gasteiger partial charge in [0.05, 0.1) is 5.52 Å². The van der Waals surface area contributed by atoms with Crippen molar-refractivity contribution in [3.05, 3.63) is 94.0 Å². The monoisotopic (exact) mass is 491 g/mol. The summed E-state index contributed by atoms with van der Waals surface area (Å²) in [5.41, 5.74) is 3.23. The summed E-state index contributed by atoms with van der Waals surface area (Å²) in [5.74, 6) is -1.63. The fourth-order valence-corrected chi connectivity index (χ4v) is 4.97. The van der Waals surface area contributed by atoms with E-state index in [1.165, 1.54) is 30.3 Å². The van der Waals surface area contributed by atoms with Crippen LogP contribution in [0.15, 0.2) is 69.9 Å². The van der Waals surface area contributed by atoms with Crippen molar-refractivity contribution >= 4 is 17.0 Å². The highest BCUT2D eigenvalue weighted by molar-refractivity contribution is 5.94. The Morgan fingerprint density at radius 2 is 1.83 bits per heavy atom. The number of halogens is 2. The number of aromatic amines is 1. The largest absolute Gasteiger partial charge is 0.417 e. The standard InChI is InChI=1S/C28H27F2N3O3/c1-2-32-13-3-4-23(32)17-33(27(34)18-5-9-22(29)10-6-18)16-21-14-19(7-11-24(21)30)20-8-12-25-26(15-20)36-28(35)31-25/h5-12,14-15,23H,2-4,13,16-17H2,1H3,(H,31,35)/t23-/m1/s1. The molecule has 5 rings (SSSR count). The number of likely N-dealkylation sites (N-methyl/N-ethyl adjacent to an activating group) is 1. The molecule has 1 fully saturated rings. The van der Waals surface area contributed by atoms with Crippen LogP contribution in [0.1, 0.15) is 35.7 Å². The third kappa shape index (κ3) is 4.95. The molecule has 3 aromatic carbocycles. The molecule has 1 N–H and O–H groups in total. The Bertz CT molecular complexity index is 1440. The van der Waals surface area contributed by atoms with E-state index in [0.29, 0.717) is 28.8 Å². The van der Waals surface area contributed by atoms with E-state index < -0.39 is 17.4 Å². The van der Waals surface area contributed by atoms with E-state index in [9.17, 15) is 14.0 Å². The van der Waals surface area contributed by atoms with Crippen LogP contribution in [-0.4, -0.2) is 46.4 Å². The molecule has 8 heteroatoms. The molecule has 1 atom stereocenters. The average molecular weight is 492 g/mol. The molecule has 0 spiro atoms. The lowest BCUT2D eigenvalue weighted by Crippen LogP contribution is -2.42. The van der Waals surface area contributed by atoms with Gasteiger partial charge in [0.2, 0.25) is 0 Å². The molecule has 186 valence electrons. The minimum absolute atomic E-state index is 0.0748. The summed E-state index contributed by atoms with van der Waals surface area (Å²) in [6.45, 7) is 4.48. The Balaban J connectivity index is 1.47. The van der Waals surface area contributed by atoms with Gasteiger partial charge in [0, 0.05) is 30.3 Å². The number of nitrogens with one attached hydrogen (secondary N) is 1. The van der Waals surface area contributed by atoms with Gasteiger partial charge in [0.25, 0.3) is 5.91 Å². The van der Waals surface area contributed by atoms with Gasteiger partial charge in [-0.05, 0) is 85.6 Å². The van der Waals surface area contributed by atoms with Gasteiger partial charge in [0.1, 0.15) is 11.6 Å². The van der Waals surface area contributed by atoms with Crippen molar-refractivity contribution in [1.29, 1.82) is 0 Å². The van der Waals surface area contributed by atoms with Crippen molar-refractivity contribution in [1.82, 2.24) is 14.8 Å². The number of hydrogen-bond donors (Lipinski definition) is 1. The second kappa shape index (κ2) is 10.1. The number of carbonyl (C=O) groups excluding carboxylic acids is 1. The van der Waals surface area contributed by atoms with Gasteiger partial charge in [0.15, 0.2) is 5.58 Å². The quantitative estimate of drug-likeness (QED) is 0.386. The van der Waals surface area contributed by atoms with Crippen LogP contribution in [0.25, 0.3) is 22.2 Å². The minimum Gasteiger partial charge on any atom is -0.408 e. The highest BCUT2D eigenvalue weighted by Crippen LogP contribution is 2.27. The predicted octanol–water partition coefficient (Wildman–Crippen LogP) is 5.19. The Kier molecular flexibility index (Phi) is 6.69. The zero-order chi connectivity index (χ0) is 25.2. The maximum absolute atomic E-state index is 15.0. The highest BCUT2D eigenvalue weighted by atomic mass is 19.1. The number of carbonyl (C=O) groups is 1. The van der Waals surface area contributed by atoms with Gasteiger partial charge in [-0.1, -0.05) is 19.1 Å². The van der Waals surface area contributed by atoms with Crippen LogP contribution < -0.4 is 5.76 Å². The summed E-state index contributed by atoms with van der Waals surface area (Å²) in [6, 6.07) is 15.7. The number of hydrogen-bond acceptors (Lipinski definition) is 4. The topological polar surface area (TPSA) is 69.6 Å². The summed E-state index contributed by atoms with van der Waals surface area (Å²) in [6.07, 6.45) is 2.02. The van der Waals surface area contributed by atoms with Crippen molar-refractivity contribution in [3.8, 4) is 11.1 Å². The lowest BCUT2D eigenvalue weighted by Gasteiger charge is -2.31. The van der Waals surface area contributed by atoms with Gasteiger partial charge < -0.3 is 9.32 Å². The Hall–Kier alpha value is -3.78. The van der Waals surface area contributed by atoms with E-state index in [0.717, 1.165) is 37.1 Å². The van der Waals surface area contributed by atoms with Gasteiger partial charge >= 0.3 is 5.76 Å². The Labute approximate surface area is 207 Å². The molecule has 4 aromatic rings. The average Bonchev–Trinajstić information content (AvgIpc) is 3.49. The fourth-order valence-electron chi connectivity index (χ4n) is 4.97. The molecule has 1 aliphatic heterocycles. The van der Waals surface area contributed by atoms with Crippen molar-refractivity contribution < 1.29 is 18.0 Å². The number of nitrogens with zero attached hydrogens (tertiary/aromatic N) is 2. The number of benzene rings is 3. The van der Waals surface area contributed by atoms with Gasteiger partial charge in [-0.15, -0.1) is 0 Å². The first kappa shape index (κ1) is 23.9. The number of rotatable bonds is 7. The zero-order valence-electron chi connectivity index (χ0n) is 20.0. The molecule has 6 nitrogen and oxygen atoms in total. The first-order valence-electron chi connectivity index (χ1n) is 12.1. The van der Waals surface area contributed by atoms with E-state index in [1.807, 2.05) is 6.07 Å². The number of oxazole rings is 1. The van der Waals surface area contributed by atoms with Crippen LogP contribution in [-0.2, 0) is 6.54 Å². The predicted molar refractivity (Wildman–Crippen MR) is 134 cm³/mol. The molecule has 0 aliphatic carbocycles. The maximum atomic E-state index is 15.0. The molecule has 0 saturated carbocycles. The summed E-state index contributed by atoms with van der Waals surface area (Å²) in [5, 5.41) is 0. The molecular weight excluding hydrogens is 464 g/mol. The summed E-state index contributed by atoms with van der Waals surface area (Å²) < 4.78 is 33.7. The van der Waals surface area contributed by atoms with E-state index in [-0.39, 0.29) is 18.5 Å². The van der Waals surface area contributed by atoms with Crippen LogP contribution in [0.4, 0.5) is 8.78 Å². The first-order valence-corrected chi connectivity index (χ1v) is 12.1. The molecule has 1 amide bonds. The number of fused-ring (bicyclic) bond motifs is 1. The lowest BCUT2D eigenvalue weighted by atomic mass is 10.0. The maximum Gasteiger partial charge on any atom is 0.417 e.